The van der Waals surface area contributed by atoms with Gasteiger partial charge in [-0.25, -0.2) is 5.01 Å². The molecule has 0 saturated carbocycles. The highest BCUT2D eigenvalue weighted by Crippen LogP contribution is 2.33. The summed E-state index contributed by atoms with van der Waals surface area (Å²) in [5.74, 6) is 0.0757. The van der Waals surface area contributed by atoms with Gasteiger partial charge in [-0.05, 0) is 46.3 Å². The van der Waals surface area contributed by atoms with Gasteiger partial charge in [0.05, 0.1) is 12.5 Å². The number of hydrogen-bond acceptors (Lipinski definition) is 8. The van der Waals surface area contributed by atoms with Crippen LogP contribution in [0.25, 0.3) is 0 Å². The smallest absolute Gasteiger partial charge is 0.406 e. The predicted molar refractivity (Wildman–Crippen MR) is 94.5 cm³/mol. The highest BCUT2D eigenvalue weighted by atomic mass is 16.6. The average Bonchev–Trinajstić information content (AvgIpc) is 3.46. The monoisotopic (exact) mass is 382 g/mol. The van der Waals surface area contributed by atoms with Gasteiger partial charge in [-0.3, -0.25) is 4.79 Å². The van der Waals surface area contributed by atoms with E-state index in [1.807, 2.05) is 0 Å². The molecule has 0 aliphatic carbocycles. The van der Waals surface area contributed by atoms with Crippen molar-refractivity contribution in [2.75, 3.05) is 6.61 Å². The van der Waals surface area contributed by atoms with Crippen LogP contribution in [-0.2, 0) is 4.79 Å². The van der Waals surface area contributed by atoms with Gasteiger partial charge in [-0.15, -0.1) is 0 Å². The molecule has 1 atom stereocenters. The molecule has 0 radical (unpaired) electrons. The van der Waals surface area contributed by atoms with Gasteiger partial charge in [0.1, 0.15) is 29.5 Å². The minimum Gasteiger partial charge on any atom is -0.475 e. The SMILES string of the molecule is O=C(COc1cccnc1[N+](=O)[O-])N1N=C(c2ccco2)CC1c1ccco1. The van der Waals surface area contributed by atoms with Crippen LogP contribution >= 0.6 is 0 Å². The quantitative estimate of drug-likeness (QED) is 0.474. The fraction of sp³-hybridized carbons (Fsp3) is 0.167. The molecule has 10 nitrogen and oxygen atoms in total. The largest absolute Gasteiger partial charge is 0.475 e. The number of hydrogen-bond donors (Lipinski definition) is 0. The third-order valence-electron chi connectivity index (χ3n) is 4.12. The summed E-state index contributed by atoms with van der Waals surface area (Å²) in [4.78, 5) is 26.8. The first-order chi connectivity index (χ1) is 13.6. The summed E-state index contributed by atoms with van der Waals surface area (Å²) in [6.07, 6.45) is 4.72. The fourth-order valence-corrected chi connectivity index (χ4v) is 2.87. The number of amides is 1. The number of aromatic nitrogens is 1. The number of nitrogens with zero attached hydrogens (tertiary/aromatic N) is 4. The van der Waals surface area contributed by atoms with E-state index in [2.05, 4.69) is 10.1 Å². The summed E-state index contributed by atoms with van der Waals surface area (Å²) < 4.78 is 16.2. The highest BCUT2D eigenvalue weighted by Gasteiger charge is 2.36. The van der Waals surface area contributed by atoms with E-state index in [1.165, 1.54) is 35.9 Å². The third-order valence-corrected chi connectivity index (χ3v) is 4.12. The van der Waals surface area contributed by atoms with Crippen LogP contribution in [0, 0.1) is 10.1 Å². The van der Waals surface area contributed by atoms with Gasteiger partial charge in [0.25, 0.3) is 5.91 Å². The fourth-order valence-electron chi connectivity index (χ4n) is 2.87. The molecule has 4 rings (SSSR count). The molecule has 1 aliphatic rings. The van der Waals surface area contributed by atoms with Crippen molar-refractivity contribution in [1.82, 2.24) is 9.99 Å². The number of carbonyl (C=O) groups is 1. The van der Waals surface area contributed by atoms with E-state index in [0.717, 1.165) is 0 Å². The number of hydrazone groups is 1. The molecule has 10 heteroatoms. The molecule has 28 heavy (non-hydrogen) atoms. The minimum absolute atomic E-state index is 0.0927. The van der Waals surface area contributed by atoms with E-state index >= 15 is 0 Å². The number of carbonyl (C=O) groups excluding carboxylic acids is 1. The maximum absolute atomic E-state index is 12.8. The molecule has 0 N–H and O–H groups in total. The lowest BCUT2D eigenvalue weighted by atomic mass is 10.1. The first-order valence-corrected chi connectivity index (χ1v) is 8.32. The van der Waals surface area contributed by atoms with Crippen LogP contribution in [0.5, 0.6) is 5.75 Å². The number of nitro groups is 1. The van der Waals surface area contributed by atoms with Crippen molar-refractivity contribution in [3.8, 4) is 5.75 Å². The molecule has 1 unspecified atom stereocenters. The number of furan rings is 2. The molecule has 1 amide bonds. The third kappa shape index (κ3) is 3.34. The Morgan fingerprint density at radius 1 is 1.25 bits per heavy atom. The van der Waals surface area contributed by atoms with Crippen LogP contribution in [0.15, 0.2) is 69.1 Å². The van der Waals surface area contributed by atoms with Crippen molar-refractivity contribution in [3.63, 3.8) is 0 Å². The Hall–Kier alpha value is -3.95. The number of ether oxygens (including phenoxy) is 1. The molecule has 1 aliphatic heterocycles. The van der Waals surface area contributed by atoms with E-state index in [1.54, 1.807) is 24.3 Å². The van der Waals surface area contributed by atoms with Crippen molar-refractivity contribution in [1.29, 1.82) is 0 Å². The van der Waals surface area contributed by atoms with Crippen LogP contribution in [0.1, 0.15) is 24.0 Å². The highest BCUT2D eigenvalue weighted by molar-refractivity contribution is 6.01. The first kappa shape index (κ1) is 17.5. The van der Waals surface area contributed by atoms with Crippen molar-refractivity contribution < 1.29 is 23.3 Å². The Bertz CT molecular complexity index is 1010. The summed E-state index contributed by atoms with van der Waals surface area (Å²) in [5.41, 5.74) is 0.590. The zero-order valence-electron chi connectivity index (χ0n) is 14.4. The van der Waals surface area contributed by atoms with Gasteiger partial charge in [-0.1, -0.05) is 0 Å². The Morgan fingerprint density at radius 2 is 2.07 bits per heavy atom. The lowest BCUT2D eigenvalue weighted by Gasteiger charge is -2.19. The second kappa shape index (κ2) is 7.35. The Balaban J connectivity index is 1.55. The van der Waals surface area contributed by atoms with Gasteiger partial charge in [-0.2, -0.15) is 5.10 Å². The van der Waals surface area contributed by atoms with E-state index < -0.39 is 29.3 Å². The molecule has 142 valence electrons. The van der Waals surface area contributed by atoms with E-state index in [4.69, 9.17) is 13.6 Å². The van der Waals surface area contributed by atoms with Crippen molar-refractivity contribution in [2.24, 2.45) is 5.10 Å². The number of rotatable bonds is 6. The summed E-state index contributed by atoms with van der Waals surface area (Å²) in [6.45, 7) is -0.446. The van der Waals surface area contributed by atoms with Gasteiger partial charge < -0.3 is 23.7 Å². The van der Waals surface area contributed by atoms with Crippen LogP contribution in [0.3, 0.4) is 0 Å². The molecular weight excluding hydrogens is 368 g/mol. The number of pyridine rings is 1. The van der Waals surface area contributed by atoms with E-state index in [0.29, 0.717) is 23.7 Å². The van der Waals surface area contributed by atoms with E-state index in [9.17, 15) is 14.9 Å². The molecule has 3 aromatic heterocycles. The van der Waals surface area contributed by atoms with Crippen molar-refractivity contribution in [2.45, 2.75) is 12.5 Å². The lowest BCUT2D eigenvalue weighted by Crippen LogP contribution is -2.31. The molecule has 0 bridgehead atoms. The van der Waals surface area contributed by atoms with Gasteiger partial charge in [0.2, 0.25) is 5.75 Å². The summed E-state index contributed by atoms with van der Waals surface area (Å²) >= 11 is 0. The summed E-state index contributed by atoms with van der Waals surface area (Å²) in [7, 11) is 0. The summed E-state index contributed by atoms with van der Waals surface area (Å²) in [6, 6.07) is 9.36. The zero-order chi connectivity index (χ0) is 19.5. The second-order valence-electron chi connectivity index (χ2n) is 5.87. The van der Waals surface area contributed by atoms with Gasteiger partial charge in [0, 0.05) is 6.42 Å². The molecule has 0 saturated heterocycles. The van der Waals surface area contributed by atoms with Crippen molar-refractivity contribution >= 4 is 17.4 Å². The molecule has 0 fully saturated rings. The van der Waals surface area contributed by atoms with Gasteiger partial charge in [0.15, 0.2) is 6.61 Å². The van der Waals surface area contributed by atoms with Crippen LogP contribution in [0.2, 0.25) is 0 Å². The maximum atomic E-state index is 12.8. The standard InChI is InChI=1S/C18H14N4O6/c23-17(11-28-16-4-1-7-19-18(16)22(24)25)21-13(15-6-3-9-27-15)10-12(20-21)14-5-2-8-26-14/h1-9,13H,10-11H2. The maximum Gasteiger partial charge on any atom is 0.406 e. The van der Waals surface area contributed by atoms with E-state index in [-0.39, 0.29) is 5.75 Å². The van der Waals surface area contributed by atoms with Crippen molar-refractivity contribution in [3.05, 3.63) is 76.8 Å². The van der Waals surface area contributed by atoms with Crippen LogP contribution in [0.4, 0.5) is 5.82 Å². The van der Waals surface area contributed by atoms with Crippen LogP contribution in [-0.4, -0.2) is 33.1 Å². The molecule has 4 heterocycles. The average molecular weight is 382 g/mol. The predicted octanol–water partition coefficient (Wildman–Crippen LogP) is 2.93. The molecular formula is C18H14N4O6. The minimum atomic E-state index is -0.672. The second-order valence-corrected chi connectivity index (χ2v) is 5.87. The normalized spacial score (nSPS) is 16.1. The first-order valence-electron chi connectivity index (χ1n) is 8.32. The van der Waals surface area contributed by atoms with Gasteiger partial charge >= 0.3 is 5.82 Å². The lowest BCUT2D eigenvalue weighted by molar-refractivity contribution is -0.390. The Labute approximate surface area is 158 Å². The zero-order valence-corrected chi connectivity index (χ0v) is 14.4. The van der Waals surface area contributed by atoms with Crippen LogP contribution < -0.4 is 4.74 Å². The molecule has 0 aromatic carbocycles. The Morgan fingerprint density at radius 3 is 2.79 bits per heavy atom. The Kier molecular flexibility index (Phi) is 4.58. The summed E-state index contributed by atoms with van der Waals surface area (Å²) in [5, 5.41) is 16.6. The topological polar surface area (TPSA) is 124 Å². The molecule has 3 aromatic rings. The molecule has 0 spiro atoms.